The highest BCUT2D eigenvalue weighted by atomic mass is 32.2. The molecule has 120 valence electrons. The Morgan fingerprint density at radius 3 is 2.41 bits per heavy atom. The Morgan fingerprint density at radius 2 is 1.91 bits per heavy atom. The quantitative estimate of drug-likeness (QED) is 0.855. The van der Waals surface area contributed by atoms with E-state index in [2.05, 4.69) is 0 Å². The minimum Gasteiger partial charge on any atom is -0.211 e. The van der Waals surface area contributed by atoms with Gasteiger partial charge in [0.15, 0.2) is 5.75 Å². The Kier molecular flexibility index (Phi) is 4.49. The van der Waals surface area contributed by atoms with E-state index >= 15 is 0 Å². The standard InChI is InChI=1S/C14H15F3N2O2S/c1-10-6-8-19(22(20,21)9-7-18)13(10)11-2-4-12(5-3-11)14(15,16)17/h2-5,10,13H,6,8-9H2,1H3/t10-,13+/m0/s1. The van der Waals surface area contributed by atoms with Crippen LogP contribution in [0, 0.1) is 17.2 Å². The van der Waals surface area contributed by atoms with Gasteiger partial charge in [0.2, 0.25) is 10.0 Å². The fourth-order valence-electron chi connectivity index (χ4n) is 2.75. The first-order chi connectivity index (χ1) is 10.2. The average Bonchev–Trinajstić information content (AvgIpc) is 2.80. The van der Waals surface area contributed by atoms with Crippen LogP contribution in [0.5, 0.6) is 0 Å². The molecular formula is C14H15F3N2O2S. The van der Waals surface area contributed by atoms with Crippen LogP contribution in [-0.2, 0) is 16.2 Å². The second-order valence-electron chi connectivity index (χ2n) is 5.36. The molecule has 1 aliphatic rings. The molecule has 1 aromatic carbocycles. The summed E-state index contributed by atoms with van der Waals surface area (Å²) >= 11 is 0. The lowest BCUT2D eigenvalue weighted by Crippen LogP contribution is -2.33. The lowest BCUT2D eigenvalue weighted by molar-refractivity contribution is -0.137. The summed E-state index contributed by atoms with van der Waals surface area (Å²) in [5, 5.41) is 8.63. The van der Waals surface area contributed by atoms with Crippen molar-refractivity contribution < 1.29 is 21.6 Å². The Bertz CT molecular complexity index is 678. The highest BCUT2D eigenvalue weighted by Crippen LogP contribution is 2.40. The van der Waals surface area contributed by atoms with Crippen molar-refractivity contribution in [3.63, 3.8) is 0 Å². The molecule has 1 aliphatic heterocycles. The summed E-state index contributed by atoms with van der Waals surface area (Å²) in [4.78, 5) is 0. The molecule has 4 nitrogen and oxygen atoms in total. The zero-order valence-electron chi connectivity index (χ0n) is 11.8. The minimum absolute atomic E-state index is 0.0230. The van der Waals surface area contributed by atoms with Crippen LogP contribution in [0.15, 0.2) is 24.3 Å². The number of hydrogen-bond acceptors (Lipinski definition) is 3. The monoisotopic (exact) mass is 332 g/mol. The van der Waals surface area contributed by atoms with Gasteiger partial charge in [0, 0.05) is 6.54 Å². The molecule has 1 saturated heterocycles. The summed E-state index contributed by atoms with van der Waals surface area (Å²) < 4.78 is 63.2. The number of halogens is 3. The number of nitrogens with zero attached hydrogens (tertiary/aromatic N) is 2. The number of benzene rings is 1. The fourth-order valence-corrected chi connectivity index (χ4v) is 4.14. The zero-order chi connectivity index (χ0) is 16.5. The van der Waals surface area contributed by atoms with Crippen molar-refractivity contribution in [1.82, 2.24) is 4.31 Å². The van der Waals surface area contributed by atoms with Gasteiger partial charge in [0.05, 0.1) is 17.7 Å². The van der Waals surface area contributed by atoms with Crippen LogP contribution in [0.1, 0.15) is 30.5 Å². The van der Waals surface area contributed by atoms with E-state index < -0.39 is 33.6 Å². The van der Waals surface area contributed by atoms with Crippen molar-refractivity contribution in [1.29, 1.82) is 5.26 Å². The maximum absolute atomic E-state index is 12.6. The molecule has 1 fully saturated rings. The zero-order valence-corrected chi connectivity index (χ0v) is 12.7. The molecule has 0 radical (unpaired) electrons. The fraction of sp³-hybridized carbons (Fsp3) is 0.500. The van der Waals surface area contributed by atoms with Gasteiger partial charge in [-0.15, -0.1) is 0 Å². The lowest BCUT2D eigenvalue weighted by Gasteiger charge is -2.26. The molecule has 1 heterocycles. The van der Waals surface area contributed by atoms with Crippen LogP contribution in [0.3, 0.4) is 0 Å². The Balaban J connectivity index is 2.35. The van der Waals surface area contributed by atoms with Crippen LogP contribution in [-0.4, -0.2) is 25.0 Å². The number of nitriles is 1. The molecular weight excluding hydrogens is 317 g/mol. The van der Waals surface area contributed by atoms with Crippen molar-refractivity contribution in [3.8, 4) is 6.07 Å². The van der Waals surface area contributed by atoms with E-state index in [1.807, 2.05) is 6.92 Å². The van der Waals surface area contributed by atoms with Crippen molar-refractivity contribution >= 4 is 10.0 Å². The van der Waals surface area contributed by atoms with Gasteiger partial charge in [-0.2, -0.15) is 22.7 Å². The Hall–Kier alpha value is -1.59. The number of alkyl halides is 3. The molecule has 0 aliphatic carbocycles. The smallest absolute Gasteiger partial charge is 0.211 e. The molecule has 0 saturated carbocycles. The molecule has 8 heteroatoms. The van der Waals surface area contributed by atoms with E-state index in [1.54, 1.807) is 6.07 Å². The van der Waals surface area contributed by atoms with E-state index in [1.165, 1.54) is 16.4 Å². The number of rotatable bonds is 3. The second kappa shape index (κ2) is 5.89. The number of hydrogen-bond donors (Lipinski definition) is 0. The van der Waals surface area contributed by atoms with Gasteiger partial charge in [0.25, 0.3) is 0 Å². The Morgan fingerprint density at radius 1 is 1.32 bits per heavy atom. The molecule has 2 atom stereocenters. The normalized spacial score (nSPS) is 23.4. The van der Waals surface area contributed by atoms with Crippen molar-refractivity contribution in [2.45, 2.75) is 25.6 Å². The molecule has 22 heavy (non-hydrogen) atoms. The molecule has 2 rings (SSSR count). The summed E-state index contributed by atoms with van der Waals surface area (Å²) in [7, 11) is -3.73. The SMILES string of the molecule is C[C@H]1CCN(S(=O)(=O)CC#N)[C@H]1c1ccc(C(F)(F)F)cc1. The van der Waals surface area contributed by atoms with Crippen molar-refractivity contribution in [2.75, 3.05) is 12.3 Å². The van der Waals surface area contributed by atoms with Gasteiger partial charge in [-0.05, 0) is 30.0 Å². The average molecular weight is 332 g/mol. The predicted molar refractivity (Wildman–Crippen MR) is 74.1 cm³/mol. The third-order valence-electron chi connectivity index (χ3n) is 3.84. The van der Waals surface area contributed by atoms with Gasteiger partial charge in [0.1, 0.15) is 0 Å². The molecule has 0 unspecified atom stereocenters. The van der Waals surface area contributed by atoms with E-state index in [9.17, 15) is 21.6 Å². The van der Waals surface area contributed by atoms with Crippen molar-refractivity contribution in [2.24, 2.45) is 5.92 Å². The third-order valence-corrected chi connectivity index (χ3v) is 5.46. The third kappa shape index (κ3) is 3.25. The maximum Gasteiger partial charge on any atom is 0.416 e. The van der Waals surface area contributed by atoms with Crippen LogP contribution in [0.25, 0.3) is 0 Å². The summed E-state index contributed by atoms with van der Waals surface area (Å²) in [5.41, 5.74) is -0.257. The van der Waals surface area contributed by atoms with E-state index in [-0.39, 0.29) is 12.5 Å². The maximum atomic E-state index is 12.6. The van der Waals surface area contributed by atoms with Crippen LogP contribution >= 0.6 is 0 Å². The first-order valence-corrected chi connectivity index (χ1v) is 8.31. The molecule has 0 bridgehead atoms. The lowest BCUT2D eigenvalue weighted by atomic mass is 9.95. The number of sulfonamides is 1. The van der Waals surface area contributed by atoms with E-state index in [0.717, 1.165) is 12.1 Å². The Labute approximate surface area is 127 Å². The summed E-state index contributed by atoms with van der Waals surface area (Å²) in [6.07, 6.45) is -3.82. The largest absolute Gasteiger partial charge is 0.416 e. The summed E-state index contributed by atoms with van der Waals surface area (Å²) in [5.74, 6) is -0.651. The second-order valence-corrected chi connectivity index (χ2v) is 7.28. The van der Waals surface area contributed by atoms with E-state index in [0.29, 0.717) is 12.0 Å². The highest BCUT2D eigenvalue weighted by molar-refractivity contribution is 7.89. The van der Waals surface area contributed by atoms with Crippen LogP contribution in [0.4, 0.5) is 13.2 Å². The van der Waals surface area contributed by atoms with Gasteiger partial charge in [-0.3, -0.25) is 0 Å². The van der Waals surface area contributed by atoms with Gasteiger partial charge >= 0.3 is 6.18 Å². The molecule has 0 aromatic heterocycles. The van der Waals surface area contributed by atoms with Crippen molar-refractivity contribution in [3.05, 3.63) is 35.4 Å². The molecule has 1 aromatic rings. The molecule has 0 N–H and O–H groups in total. The highest BCUT2D eigenvalue weighted by Gasteiger charge is 2.40. The molecule has 0 spiro atoms. The first-order valence-electron chi connectivity index (χ1n) is 6.70. The van der Waals surface area contributed by atoms with Crippen LogP contribution < -0.4 is 0 Å². The topological polar surface area (TPSA) is 61.2 Å². The minimum atomic E-state index is -4.42. The van der Waals surface area contributed by atoms with Crippen LogP contribution in [0.2, 0.25) is 0 Å². The summed E-state index contributed by atoms with van der Waals surface area (Å²) in [6, 6.07) is 5.62. The van der Waals surface area contributed by atoms with Gasteiger partial charge < -0.3 is 0 Å². The first kappa shape index (κ1) is 16.8. The predicted octanol–water partition coefficient (Wildman–Crippen LogP) is 2.94. The molecule has 0 amide bonds. The van der Waals surface area contributed by atoms with Gasteiger partial charge in [-0.1, -0.05) is 19.1 Å². The van der Waals surface area contributed by atoms with E-state index in [4.69, 9.17) is 5.26 Å². The van der Waals surface area contributed by atoms with Gasteiger partial charge in [-0.25, -0.2) is 8.42 Å². The summed E-state index contributed by atoms with van der Waals surface area (Å²) in [6.45, 7) is 2.13.